The molecule has 2 aliphatic rings. The summed E-state index contributed by atoms with van der Waals surface area (Å²) in [6, 6.07) is 8.42. The number of hydrogen-bond donors (Lipinski definition) is 2. The number of amides is 1. The van der Waals surface area contributed by atoms with Gasteiger partial charge in [0.05, 0.1) is 5.92 Å². The van der Waals surface area contributed by atoms with Crippen LogP contribution in [-0.2, 0) is 9.59 Å². The number of para-hydroxylation sites is 1. The van der Waals surface area contributed by atoms with Gasteiger partial charge >= 0.3 is 5.97 Å². The van der Waals surface area contributed by atoms with Gasteiger partial charge in [-0.25, -0.2) is 0 Å². The third-order valence-corrected chi connectivity index (χ3v) is 6.29. The summed E-state index contributed by atoms with van der Waals surface area (Å²) in [5.41, 5.74) is 3.82. The summed E-state index contributed by atoms with van der Waals surface area (Å²) in [4.78, 5) is 29.3. The molecule has 0 radical (unpaired) electrons. The van der Waals surface area contributed by atoms with E-state index in [2.05, 4.69) is 36.2 Å². The van der Waals surface area contributed by atoms with Crippen LogP contribution in [0.2, 0.25) is 0 Å². The maximum Gasteiger partial charge on any atom is 0.306 e. The minimum Gasteiger partial charge on any atom is -0.481 e. The Morgan fingerprint density at radius 3 is 2.46 bits per heavy atom. The SMILES string of the molecule is Cc1[nH]c2ccccc2c1C1CCN(C(=O)[C@@H]2CC[C@H](C(=O)O)C2)CC1. The van der Waals surface area contributed by atoms with Crippen LogP contribution in [0.1, 0.15) is 49.3 Å². The molecule has 2 heterocycles. The lowest BCUT2D eigenvalue weighted by Gasteiger charge is -2.34. The van der Waals surface area contributed by atoms with E-state index in [1.807, 2.05) is 4.90 Å². The van der Waals surface area contributed by atoms with E-state index in [0.29, 0.717) is 18.8 Å². The summed E-state index contributed by atoms with van der Waals surface area (Å²) in [6.45, 7) is 3.69. The topological polar surface area (TPSA) is 73.4 Å². The van der Waals surface area contributed by atoms with Crippen LogP contribution in [0.5, 0.6) is 0 Å². The maximum atomic E-state index is 12.8. The van der Waals surface area contributed by atoms with E-state index >= 15 is 0 Å². The lowest BCUT2D eigenvalue weighted by Crippen LogP contribution is -2.41. The second-order valence-corrected chi connectivity index (χ2v) is 7.85. The molecule has 4 rings (SSSR count). The van der Waals surface area contributed by atoms with Crippen LogP contribution in [0, 0.1) is 18.8 Å². The number of likely N-dealkylation sites (tertiary alicyclic amines) is 1. The summed E-state index contributed by atoms with van der Waals surface area (Å²) in [5, 5.41) is 10.4. The second-order valence-electron chi connectivity index (χ2n) is 7.85. The molecular weight excluding hydrogens is 328 g/mol. The van der Waals surface area contributed by atoms with Crippen molar-refractivity contribution in [2.45, 2.75) is 44.9 Å². The lowest BCUT2D eigenvalue weighted by molar-refractivity contribution is -0.141. The van der Waals surface area contributed by atoms with Crippen molar-refractivity contribution in [3.8, 4) is 0 Å². The third-order valence-electron chi connectivity index (χ3n) is 6.29. The van der Waals surface area contributed by atoms with Gasteiger partial charge in [-0.1, -0.05) is 18.2 Å². The number of aromatic amines is 1. The van der Waals surface area contributed by atoms with Crippen LogP contribution in [0.25, 0.3) is 10.9 Å². The minimum absolute atomic E-state index is 0.0949. The Labute approximate surface area is 153 Å². The number of carboxylic acids is 1. The van der Waals surface area contributed by atoms with Gasteiger partial charge in [-0.3, -0.25) is 9.59 Å². The molecule has 2 aromatic rings. The van der Waals surface area contributed by atoms with E-state index in [-0.39, 0.29) is 17.7 Å². The zero-order chi connectivity index (χ0) is 18.3. The molecule has 1 aliphatic heterocycles. The number of fused-ring (bicyclic) bond motifs is 1. The van der Waals surface area contributed by atoms with Gasteiger partial charge in [0.25, 0.3) is 0 Å². The molecule has 1 aromatic heterocycles. The molecular formula is C21H26N2O3. The molecule has 1 aromatic carbocycles. The van der Waals surface area contributed by atoms with Crippen molar-refractivity contribution < 1.29 is 14.7 Å². The molecule has 2 atom stereocenters. The molecule has 0 unspecified atom stereocenters. The molecule has 2 N–H and O–H groups in total. The van der Waals surface area contributed by atoms with Crippen molar-refractivity contribution in [3.05, 3.63) is 35.5 Å². The number of nitrogens with zero attached hydrogens (tertiary/aromatic N) is 1. The van der Waals surface area contributed by atoms with Gasteiger partial charge in [0.2, 0.25) is 5.91 Å². The summed E-state index contributed by atoms with van der Waals surface area (Å²) in [6.07, 6.45) is 3.82. The standard InChI is InChI=1S/C21H26N2O3/c1-13-19(17-4-2-3-5-18(17)22-13)14-8-10-23(11-9-14)20(24)15-6-7-16(12-15)21(25)26/h2-5,14-16,22H,6-12H2,1H3,(H,25,26)/t15-,16+/m1/s1. The molecule has 1 amide bonds. The molecule has 1 saturated carbocycles. The van der Waals surface area contributed by atoms with E-state index in [0.717, 1.165) is 32.4 Å². The second kappa shape index (κ2) is 6.78. The number of carboxylic acid groups (broad SMARTS) is 1. The number of piperidine rings is 1. The Morgan fingerprint density at radius 1 is 1.08 bits per heavy atom. The lowest BCUT2D eigenvalue weighted by atomic mass is 9.87. The van der Waals surface area contributed by atoms with Crippen molar-refractivity contribution in [1.29, 1.82) is 0 Å². The molecule has 5 heteroatoms. The first-order chi connectivity index (χ1) is 12.5. The van der Waals surface area contributed by atoms with Gasteiger partial charge < -0.3 is 15.0 Å². The van der Waals surface area contributed by atoms with Gasteiger partial charge in [0.1, 0.15) is 0 Å². The summed E-state index contributed by atoms with van der Waals surface area (Å²) in [7, 11) is 0. The number of benzene rings is 1. The first-order valence-electron chi connectivity index (χ1n) is 9.63. The number of aliphatic carboxylic acids is 1. The minimum atomic E-state index is -0.756. The average Bonchev–Trinajstić information content (AvgIpc) is 3.25. The molecule has 0 spiro atoms. The van der Waals surface area contributed by atoms with Gasteiger partial charge in [-0.2, -0.15) is 0 Å². The number of carbonyl (C=O) groups is 2. The molecule has 0 bridgehead atoms. The highest BCUT2D eigenvalue weighted by molar-refractivity contribution is 5.85. The first kappa shape index (κ1) is 17.1. The summed E-state index contributed by atoms with van der Waals surface area (Å²) < 4.78 is 0. The van der Waals surface area contributed by atoms with Crippen LogP contribution in [0.3, 0.4) is 0 Å². The van der Waals surface area contributed by atoms with Crippen LogP contribution in [0.15, 0.2) is 24.3 Å². The Kier molecular flexibility index (Phi) is 4.47. The van der Waals surface area contributed by atoms with Crippen molar-refractivity contribution in [2.24, 2.45) is 11.8 Å². The van der Waals surface area contributed by atoms with E-state index < -0.39 is 5.97 Å². The van der Waals surface area contributed by atoms with Gasteiger partial charge in [0, 0.05) is 35.6 Å². The highest BCUT2D eigenvalue weighted by Crippen LogP contribution is 2.37. The number of carbonyl (C=O) groups excluding carboxylic acids is 1. The predicted molar refractivity (Wildman–Crippen MR) is 100 cm³/mol. The number of nitrogens with one attached hydrogen (secondary N) is 1. The summed E-state index contributed by atoms with van der Waals surface area (Å²) >= 11 is 0. The normalized spacial score (nSPS) is 24.3. The highest BCUT2D eigenvalue weighted by Gasteiger charge is 2.37. The fourth-order valence-corrected chi connectivity index (χ4v) is 4.90. The number of rotatable bonds is 3. The largest absolute Gasteiger partial charge is 0.481 e. The Bertz CT molecular complexity index is 833. The predicted octanol–water partition coefficient (Wildman–Crippen LogP) is 3.68. The number of aryl methyl sites for hydroxylation is 1. The third kappa shape index (κ3) is 3.00. The Morgan fingerprint density at radius 2 is 1.77 bits per heavy atom. The van der Waals surface area contributed by atoms with E-state index in [1.54, 1.807) is 0 Å². The van der Waals surface area contributed by atoms with Gasteiger partial charge in [-0.15, -0.1) is 0 Å². The molecule has 138 valence electrons. The fraction of sp³-hybridized carbons (Fsp3) is 0.524. The average molecular weight is 354 g/mol. The first-order valence-corrected chi connectivity index (χ1v) is 9.63. The smallest absolute Gasteiger partial charge is 0.306 e. The zero-order valence-corrected chi connectivity index (χ0v) is 15.2. The van der Waals surface area contributed by atoms with Crippen molar-refractivity contribution in [3.63, 3.8) is 0 Å². The van der Waals surface area contributed by atoms with Crippen LogP contribution >= 0.6 is 0 Å². The van der Waals surface area contributed by atoms with E-state index in [4.69, 9.17) is 5.11 Å². The van der Waals surface area contributed by atoms with Crippen LogP contribution in [0.4, 0.5) is 0 Å². The molecule has 2 fully saturated rings. The number of aromatic nitrogens is 1. The number of H-pyrrole nitrogens is 1. The molecule has 1 saturated heterocycles. The van der Waals surface area contributed by atoms with Crippen molar-refractivity contribution in [2.75, 3.05) is 13.1 Å². The van der Waals surface area contributed by atoms with Gasteiger partial charge in [0.15, 0.2) is 0 Å². The quantitative estimate of drug-likeness (QED) is 0.883. The Hall–Kier alpha value is -2.30. The van der Waals surface area contributed by atoms with Gasteiger partial charge in [-0.05, 0) is 56.6 Å². The molecule has 26 heavy (non-hydrogen) atoms. The maximum absolute atomic E-state index is 12.8. The van der Waals surface area contributed by atoms with Crippen molar-refractivity contribution in [1.82, 2.24) is 9.88 Å². The Balaban J connectivity index is 1.42. The van der Waals surface area contributed by atoms with E-state index in [1.165, 1.54) is 22.2 Å². The fourth-order valence-electron chi connectivity index (χ4n) is 4.90. The van der Waals surface area contributed by atoms with E-state index in [9.17, 15) is 9.59 Å². The highest BCUT2D eigenvalue weighted by atomic mass is 16.4. The zero-order valence-electron chi connectivity index (χ0n) is 15.2. The molecule has 1 aliphatic carbocycles. The van der Waals surface area contributed by atoms with Crippen LogP contribution in [-0.4, -0.2) is 40.0 Å². The van der Waals surface area contributed by atoms with Crippen LogP contribution < -0.4 is 0 Å². The summed E-state index contributed by atoms with van der Waals surface area (Å²) in [5.74, 6) is -0.542. The monoisotopic (exact) mass is 354 g/mol. The molecule has 5 nitrogen and oxygen atoms in total. The number of hydrogen-bond acceptors (Lipinski definition) is 2. The van der Waals surface area contributed by atoms with Crippen molar-refractivity contribution >= 4 is 22.8 Å².